The van der Waals surface area contributed by atoms with E-state index in [1.54, 1.807) is 12.3 Å². The number of hydrogen-bond donors (Lipinski definition) is 2. The molecule has 2 atom stereocenters. The molecule has 2 heterocycles. The molecule has 9 heteroatoms. The monoisotopic (exact) mass is 541 g/mol. The average Bonchev–Trinajstić information content (AvgIpc) is 2.91. The maximum absolute atomic E-state index is 13.3. The van der Waals surface area contributed by atoms with Gasteiger partial charge in [-0.3, -0.25) is 4.98 Å². The molecule has 2 N–H and O–H groups in total. The molecule has 1 aromatic heterocycles. The number of β-amino-alcohol motifs (C(OH)–C–C–N with tert-alkyl or cyclic N) is 1. The van der Waals surface area contributed by atoms with Gasteiger partial charge in [-0.2, -0.15) is 0 Å². The summed E-state index contributed by atoms with van der Waals surface area (Å²) in [7, 11) is 0. The summed E-state index contributed by atoms with van der Waals surface area (Å²) in [6.45, 7) is 2.28. The number of aromatic nitrogens is 1. The van der Waals surface area contributed by atoms with E-state index in [0.29, 0.717) is 30.4 Å². The van der Waals surface area contributed by atoms with Crippen molar-refractivity contribution >= 4 is 28.6 Å². The molecule has 2 fully saturated rings. The SMILES string of the molecule is O=C(NC1CCC(CCN2CC[C@@H](Oc3ccc(F)cc3Cl)[C@H](O)C2)CC1)Oc1ccnc2ccccc12. The number of pyridine rings is 1. The lowest BCUT2D eigenvalue weighted by atomic mass is 9.84. The highest BCUT2D eigenvalue weighted by atomic mass is 35.5. The van der Waals surface area contributed by atoms with Crippen LogP contribution >= 0.6 is 11.6 Å². The van der Waals surface area contributed by atoms with Crippen LogP contribution in [0.2, 0.25) is 5.02 Å². The molecule has 202 valence electrons. The minimum Gasteiger partial charge on any atom is -0.486 e. The van der Waals surface area contributed by atoms with Gasteiger partial charge in [0.25, 0.3) is 0 Å². The lowest BCUT2D eigenvalue weighted by Gasteiger charge is -2.37. The fraction of sp³-hybridized carbons (Fsp3) is 0.448. The third kappa shape index (κ3) is 6.73. The van der Waals surface area contributed by atoms with Crippen molar-refractivity contribution in [1.82, 2.24) is 15.2 Å². The number of halogens is 2. The first kappa shape index (κ1) is 26.7. The molecule has 0 bridgehead atoms. The summed E-state index contributed by atoms with van der Waals surface area (Å²) in [5.41, 5.74) is 0.792. The molecule has 1 saturated heterocycles. The number of carbonyl (C=O) groups excluding carboxylic acids is 1. The van der Waals surface area contributed by atoms with Gasteiger partial charge in [0.05, 0.1) is 10.5 Å². The number of hydrogen-bond acceptors (Lipinski definition) is 6. The molecule has 2 aliphatic rings. The number of nitrogens with zero attached hydrogens (tertiary/aromatic N) is 2. The van der Waals surface area contributed by atoms with Crippen molar-refractivity contribution < 1.29 is 23.8 Å². The molecule has 0 radical (unpaired) electrons. The molecule has 1 aliphatic heterocycles. The number of rotatable bonds is 7. The summed E-state index contributed by atoms with van der Waals surface area (Å²) in [5.74, 6) is 1.09. The highest BCUT2D eigenvalue weighted by molar-refractivity contribution is 6.32. The van der Waals surface area contributed by atoms with E-state index in [-0.39, 0.29) is 17.2 Å². The van der Waals surface area contributed by atoms with E-state index < -0.39 is 18.0 Å². The summed E-state index contributed by atoms with van der Waals surface area (Å²) in [4.78, 5) is 19.1. The Bertz CT molecular complexity index is 1250. The molecule has 7 nitrogen and oxygen atoms in total. The summed E-state index contributed by atoms with van der Waals surface area (Å²) >= 11 is 6.07. The highest BCUT2D eigenvalue weighted by Gasteiger charge is 2.30. The minimum atomic E-state index is -0.631. The standard InChI is InChI=1S/C29H33ClFN3O4/c30-23-17-20(31)7-10-27(23)37-28-13-16-34(18-25(28)35)15-12-19-5-8-21(9-6-19)33-29(36)38-26-11-14-32-24-4-2-1-3-22(24)26/h1-4,7,10-11,14,17,19,21,25,28,35H,5-6,8-9,12-13,15-16,18H2,(H,33,36)/t19?,21?,25-,28-/m1/s1. The Morgan fingerprint density at radius 3 is 2.71 bits per heavy atom. The number of aliphatic hydroxyl groups excluding tert-OH is 1. The number of para-hydroxylation sites is 1. The molecule has 1 amide bonds. The van der Waals surface area contributed by atoms with E-state index in [1.807, 2.05) is 24.3 Å². The molecular formula is C29H33ClFN3O4. The Balaban J connectivity index is 1.01. The smallest absolute Gasteiger partial charge is 0.412 e. The maximum Gasteiger partial charge on any atom is 0.412 e. The van der Waals surface area contributed by atoms with Crippen LogP contribution < -0.4 is 14.8 Å². The van der Waals surface area contributed by atoms with Crippen molar-refractivity contribution in [3.8, 4) is 11.5 Å². The van der Waals surface area contributed by atoms with Crippen LogP contribution in [-0.4, -0.2) is 59.0 Å². The second-order valence-electron chi connectivity index (χ2n) is 10.3. The number of nitrogens with one attached hydrogen (secondary N) is 1. The predicted molar refractivity (Wildman–Crippen MR) is 144 cm³/mol. The number of aliphatic hydroxyl groups is 1. The molecule has 2 aromatic carbocycles. The second-order valence-corrected chi connectivity index (χ2v) is 10.7. The number of likely N-dealkylation sites (tertiary alicyclic amines) is 1. The fourth-order valence-corrected chi connectivity index (χ4v) is 5.68. The Hall–Kier alpha value is -2.94. The maximum atomic E-state index is 13.3. The Morgan fingerprint density at radius 2 is 1.92 bits per heavy atom. The number of carbonyl (C=O) groups is 1. The highest BCUT2D eigenvalue weighted by Crippen LogP contribution is 2.30. The fourth-order valence-electron chi connectivity index (χ4n) is 5.47. The van der Waals surface area contributed by atoms with Gasteiger partial charge in [-0.05, 0) is 87.4 Å². The van der Waals surface area contributed by atoms with Crippen molar-refractivity contribution in [2.75, 3.05) is 19.6 Å². The first-order valence-corrected chi connectivity index (χ1v) is 13.7. The third-order valence-corrected chi connectivity index (χ3v) is 7.91. The lowest BCUT2D eigenvalue weighted by molar-refractivity contribution is -0.0266. The van der Waals surface area contributed by atoms with Crippen molar-refractivity contribution in [3.63, 3.8) is 0 Å². The predicted octanol–water partition coefficient (Wildman–Crippen LogP) is 5.58. The van der Waals surface area contributed by atoms with Crippen LogP contribution in [0.1, 0.15) is 38.5 Å². The van der Waals surface area contributed by atoms with Crippen LogP contribution in [0.25, 0.3) is 10.9 Å². The van der Waals surface area contributed by atoms with E-state index in [4.69, 9.17) is 21.1 Å². The van der Waals surface area contributed by atoms with Crippen molar-refractivity contribution in [3.05, 3.63) is 65.6 Å². The van der Waals surface area contributed by atoms with Gasteiger partial charge in [-0.25, -0.2) is 9.18 Å². The largest absolute Gasteiger partial charge is 0.486 e. The second kappa shape index (κ2) is 12.3. The molecule has 0 spiro atoms. The van der Waals surface area contributed by atoms with Gasteiger partial charge in [-0.1, -0.05) is 23.7 Å². The van der Waals surface area contributed by atoms with Crippen molar-refractivity contribution in [2.45, 2.75) is 56.8 Å². The normalized spacial score (nSPS) is 24.2. The molecule has 0 unspecified atom stereocenters. The van der Waals surface area contributed by atoms with Crippen LogP contribution in [0, 0.1) is 11.7 Å². The summed E-state index contributed by atoms with van der Waals surface area (Å²) in [6, 6.07) is 13.4. The van der Waals surface area contributed by atoms with E-state index in [0.717, 1.165) is 56.1 Å². The molecular weight excluding hydrogens is 509 g/mol. The van der Waals surface area contributed by atoms with Gasteiger partial charge >= 0.3 is 6.09 Å². The molecule has 1 aliphatic carbocycles. The van der Waals surface area contributed by atoms with Gasteiger partial charge in [0.2, 0.25) is 0 Å². The van der Waals surface area contributed by atoms with E-state index in [9.17, 15) is 14.3 Å². The number of ether oxygens (including phenoxy) is 2. The van der Waals surface area contributed by atoms with Gasteiger partial charge in [0.1, 0.15) is 29.5 Å². The number of piperidine rings is 1. The quantitative estimate of drug-likeness (QED) is 0.406. The number of benzene rings is 2. The Morgan fingerprint density at radius 1 is 1.11 bits per heavy atom. The van der Waals surface area contributed by atoms with Crippen LogP contribution in [0.15, 0.2) is 54.7 Å². The van der Waals surface area contributed by atoms with Gasteiger partial charge in [-0.15, -0.1) is 0 Å². The van der Waals surface area contributed by atoms with E-state index >= 15 is 0 Å². The zero-order chi connectivity index (χ0) is 26.5. The topological polar surface area (TPSA) is 83.9 Å². The van der Waals surface area contributed by atoms with Crippen molar-refractivity contribution in [1.29, 1.82) is 0 Å². The van der Waals surface area contributed by atoms with Crippen LogP contribution in [0.4, 0.5) is 9.18 Å². The molecule has 38 heavy (non-hydrogen) atoms. The van der Waals surface area contributed by atoms with Gasteiger partial charge in [0, 0.05) is 30.7 Å². The minimum absolute atomic E-state index is 0.111. The third-order valence-electron chi connectivity index (χ3n) is 7.61. The average molecular weight is 542 g/mol. The number of amides is 1. The Kier molecular flexibility index (Phi) is 8.61. The van der Waals surface area contributed by atoms with E-state index in [1.165, 1.54) is 18.2 Å². The van der Waals surface area contributed by atoms with E-state index in [2.05, 4.69) is 15.2 Å². The van der Waals surface area contributed by atoms with Crippen LogP contribution in [0.5, 0.6) is 11.5 Å². The molecule has 1 saturated carbocycles. The lowest BCUT2D eigenvalue weighted by Crippen LogP contribution is -2.49. The summed E-state index contributed by atoms with van der Waals surface area (Å²) < 4.78 is 24.7. The first-order chi connectivity index (χ1) is 18.4. The summed E-state index contributed by atoms with van der Waals surface area (Å²) in [5, 5.41) is 14.7. The van der Waals surface area contributed by atoms with Crippen LogP contribution in [0.3, 0.4) is 0 Å². The van der Waals surface area contributed by atoms with Gasteiger partial charge in [0.15, 0.2) is 0 Å². The zero-order valence-electron chi connectivity index (χ0n) is 21.2. The summed E-state index contributed by atoms with van der Waals surface area (Å²) in [6.07, 6.45) is 5.92. The molecule has 3 aromatic rings. The van der Waals surface area contributed by atoms with Crippen LogP contribution in [-0.2, 0) is 0 Å². The first-order valence-electron chi connectivity index (χ1n) is 13.3. The molecule has 5 rings (SSSR count). The zero-order valence-corrected chi connectivity index (χ0v) is 21.9. The number of fused-ring (bicyclic) bond motifs is 1. The van der Waals surface area contributed by atoms with Gasteiger partial charge < -0.3 is 24.8 Å². The van der Waals surface area contributed by atoms with Crippen molar-refractivity contribution in [2.24, 2.45) is 5.92 Å². The Labute approximate surface area is 226 Å².